The number of ether oxygens (including phenoxy) is 1. The Balaban J connectivity index is 2.05. The number of rotatable bonds is 4. The van der Waals surface area contributed by atoms with Crippen LogP contribution in [0.2, 0.25) is 0 Å². The number of hydrogen-bond donors (Lipinski definition) is 1. The molecule has 0 aliphatic carbocycles. The van der Waals surface area contributed by atoms with Crippen LogP contribution in [0, 0.1) is 18.3 Å². The number of esters is 1. The molecule has 0 saturated carbocycles. The van der Waals surface area contributed by atoms with Crippen molar-refractivity contribution in [2.45, 2.75) is 20.0 Å². The summed E-state index contributed by atoms with van der Waals surface area (Å²) >= 11 is 0. The van der Waals surface area contributed by atoms with E-state index >= 15 is 0 Å². The van der Waals surface area contributed by atoms with Crippen LogP contribution in [0.5, 0.6) is 0 Å². The van der Waals surface area contributed by atoms with Gasteiger partial charge in [0.25, 0.3) is 5.91 Å². The monoisotopic (exact) mass is 308 g/mol. The minimum atomic E-state index is -0.978. The first kappa shape index (κ1) is 16.2. The zero-order valence-corrected chi connectivity index (χ0v) is 12.9. The lowest BCUT2D eigenvalue weighted by atomic mass is 10.1. The topological polar surface area (TPSA) is 79.2 Å². The zero-order chi connectivity index (χ0) is 16.8. The van der Waals surface area contributed by atoms with Crippen molar-refractivity contribution < 1.29 is 14.3 Å². The Morgan fingerprint density at radius 1 is 1.13 bits per heavy atom. The van der Waals surface area contributed by atoms with Crippen LogP contribution in [0.15, 0.2) is 48.5 Å². The van der Waals surface area contributed by atoms with E-state index in [-0.39, 0.29) is 0 Å². The van der Waals surface area contributed by atoms with Gasteiger partial charge in [0.05, 0.1) is 16.8 Å². The summed E-state index contributed by atoms with van der Waals surface area (Å²) in [6.45, 7) is 3.28. The highest BCUT2D eigenvalue weighted by molar-refractivity contribution is 5.98. The molecule has 5 nitrogen and oxygen atoms in total. The number of aryl methyl sites for hydroxylation is 1. The molecular weight excluding hydrogens is 292 g/mol. The van der Waals surface area contributed by atoms with Gasteiger partial charge in [-0.05, 0) is 37.6 Å². The number of hydrogen-bond acceptors (Lipinski definition) is 4. The van der Waals surface area contributed by atoms with Gasteiger partial charge in [-0.15, -0.1) is 0 Å². The van der Waals surface area contributed by atoms with E-state index in [4.69, 9.17) is 10.00 Å². The minimum Gasteiger partial charge on any atom is -0.449 e. The van der Waals surface area contributed by atoms with Crippen LogP contribution >= 0.6 is 0 Å². The number of para-hydroxylation sites is 1. The second kappa shape index (κ2) is 7.23. The first-order chi connectivity index (χ1) is 11.0. The summed E-state index contributed by atoms with van der Waals surface area (Å²) in [6.07, 6.45) is -0.978. The van der Waals surface area contributed by atoms with Crippen molar-refractivity contribution in [3.05, 3.63) is 65.2 Å². The van der Waals surface area contributed by atoms with Crippen LogP contribution in [0.4, 0.5) is 5.69 Å². The molecule has 0 aromatic heterocycles. The van der Waals surface area contributed by atoms with Gasteiger partial charge in [0.2, 0.25) is 0 Å². The van der Waals surface area contributed by atoms with Crippen molar-refractivity contribution in [1.82, 2.24) is 0 Å². The van der Waals surface area contributed by atoms with Gasteiger partial charge in [0, 0.05) is 0 Å². The minimum absolute atomic E-state index is 0.346. The molecule has 0 bridgehead atoms. The van der Waals surface area contributed by atoms with E-state index in [1.165, 1.54) is 6.92 Å². The van der Waals surface area contributed by atoms with E-state index in [1.807, 2.05) is 12.1 Å². The maximum atomic E-state index is 12.1. The second-order valence-electron chi connectivity index (χ2n) is 5.01. The summed E-state index contributed by atoms with van der Waals surface area (Å²) < 4.78 is 5.19. The molecule has 2 aromatic rings. The maximum absolute atomic E-state index is 12.1. The predicted octanol–water partition coefficient (Wildman–Crippen LogP) is 3.05. The number of carbonyl (C=O) groups excluding carboxylic acids is 2. The normalized spacial score (nSPS) is 11.2. The second-order valence-corrected chi connectivity index (χ2v) is 5.01. The van der Waals surface area contributed by atoms with Gasteiger partial charge in [0.15, 0.2) is 6.10 Å². The molecule has 0 radical (unpaired) electrons. The molecule has 2 aromatic carbocycles. The molecule has 1 amide bonds. The van der Waals surface area contributed by atoms with E-state index in [1.54, 1.807) is 49.4 Å². The van der Waals surface area contributed by atoms with Crippen LogP contribution in [0.3, 0.4) is 0 Å². The van der Waals surface area contributed by atoms with Gasteiger partial charge in [-0.3, -0.25) is 4.79 Å². The van der Waals surface area contributed by atoms with E-state index in [2.05, 4.69) is 5.32 Å². The lowest BCUT2D eigenvalue weighted by Gasteiger charge is -2.14. The van der Waals surface area contributed by atoms with Crippen molar-refractivity contribution in [2.75, 3.05) is 5.32 Å². The Morgan fingerprint density at radius 3 is 2.48 bits per heavy atom. The zero-order valence-electron chi connectivity index (χ0n) is 12.9. The van der Waals surface area contributed by atoms with Gasteiger partial charge in [0.1, 0.15) is 6.07 Å². The molecule has 116 valence electrons. The molecule has 23 heavy (non-hydrogen) atoms. The third kappa shape index (κ3) is 3.95. The lowest BCUT2D eigenvalue weighted by molar-refractivity contribution is -0.123. The maximum Gasteiger partial charge on any atom is 0.339 e. The fourth-order valence-electron chi connectivity index (χ4n) is 2.00. The fraction of sp³-hybridized carbons (Fsp3) is 0.167. The Bertz CT molecular complexity index is 778. The first-order valence-corrected chi connectivity index (χ1v) is 7.09. The summed E-state index contributed by atoms with van der Waals surface area (Å²) in [6, 6.07) is 15.6. The highest BCUT2D eigenvalue weighted by atomic mass is 16.5. The average molecular weight is 308 g/mol. The van der Waals surface area contributed by atoms with E-state index in [0.717, 1.165) is 5.56 Å². The largest absolute Gasteiger partial charge is 0.449 e. The number of amides is 1. The standard InChI is InChI=1S/C18H16N2O3/c1-12-7-3-5-9-15(12)18(22)23-13(2)17(21)20-16-10-6-4-8-14(16)11-19/h3-10,13H,1-2H3,(H,20,21). The number of nitrogens with zero attached hydrogens (tertiary/aromatic N) is 1. The lowest BCUT2D eigenvalue weighted by Crippen LogP contribution is -2.30. The molecule has 1 atom stereocenters. The van der Waals surface area contributed by atoms with Gasteiger partial charge in [-0.1, -0.05) is 30.3 Å². The van der Waals surface area contributed by atoms with Gasteiger partial charge in [-0.2, -0.15) is 5.26 Å². The molecule has 1 N–H and O–H groups in total. The summed E-state index contributed by atoms with van der Waals surface area (Å²) in [5.74, 6) is -1.05. The van der Waals surface area contributed by atoms with Crippen LogP contribution < -0.4 is 5.32 Å². The predicted molar refractivity (Wildman–Crippen MR) is 85.8 cm³/mol. The third-order valence-corrected chi connectivity index (χ3v) is 3.32. The number of nitriles is 1. The van der Waals surface area contributed by atoms with Crippen LogP contribution in [-0.4, -0.2) is 18.0 Å². The van der Waals surface area contributed by atoms with Gasteiger partial charge < -0.3 is 10.1 Å². The molecule has 0 fully saturated rings. The number of benzene rings is 2. The van der Waals surface area contributed by atoms with Crippen LogP contribution in [0.25, 0.3) is 0 Å². The Labute approximate surface area is 134 Å². The molecule has 5 heteroatoms. The third-order valence-electron chi connectivity index (χ3n) is 3.32. The molecule has 2 rings (SSSR count). The fourth-order valence-corrected chi connectivity index (χ4v) is 2.00. The molecule has 0 saturated heterocycles. The van der Waals surface area contributed by atoms with Crippen LogP contribution in [0.1, 0.15) is 28.4 Å². The summed E-state index contributed by atoms with van der Waals surface area (Å²) in [5, 5.41) is 11.6. The van der Waals surface area contributed by atoms with E-state index < -0.39 is 18.0 Å². The number of nitrogens with one attached hydrogen (secondary N) is 1. The molecule has 0 aliphatic heterocycles. The Morgan fingerprint density at radius 2 is 1.78 bits per heavy atom. The van der Waals surface area contributed by atoms with Crippen molar-refractivity contribution in [1.29, 1.82) is 5.26 Å². The van der Waals surface area contributed by atoms with E-state index in [9.17, 15) is 9.59 Å². The molecule has 0 spiro atoms. The number of carbonyl (C=O) groups is 2. The first-order valence-electron chi connectivity index (χ1n) is 7.09. The van der Waals surface area contributed by atoms with E-state index in [0.29, 0.717) is 16.8 Å². The summed E-state index contributed by atoms with van der Waals surface area (Å²) in [4.78, 5) is 24.2. The molecular formula is C18H16N2O3. The Hall–Kier alpha value is -3.13. The quantitative estimate of drug-likeness (QED) is 0.880. The summed E-state index contributed by atoms with van der Waals surface area (Å²) in [7, 11) is 0. The number of anilines is 1. The Kier molecular flexibility index (Phi) is 5.11. The van der Waals surface area contributed by atoms with Gasteiger partial charge >= 0.3 is 5.97 Å². The van der Waals surface area contributed by atoms with Crippen LogP contribution in [-0.2, 0) is 9.53 Å². The highest BCUT2D eigenvalue weighted by Gasteiger charge is 2.20. The smallest absolute Gasteiger partial charge is 0.339 e. The molecule has 0 heterocycles. The van der Waals surface area contributed by atoms with Crippen molar-refractivity contribution in [2.24, 2.45) is 0 Å². The SMILES string of the molecule is Cc1ccccc1C(=O)OC(C)C(=O)Nc1ccccc1C#N. The molecule has 1 unspecified atom stereocenters. The summed E-state index contributed by atoms with van der Waals surface area (Å²) in [5.41, 5.74) is 1.93. The van der Waals surface area contributed by atoms with Crippen molar-refractivity contribution in [3.8, 4) is 6.07 Å². The van der Waals surface area contributed by atoms with Crippen molar-refractivity contribution in [3.63, 3.8) is 0 Å². The van der Waals surface area contributed by atoms with Gasteiger partial charge in [-0.25, -0.2) is 4.79 Å². The van der Waals surface area contributed by atoms with Crippen molar-refractivity contribution >= 4 is 17.6 Å². The average Bonchev–Trinajstić information content (AvgIpc) is 2.55. The molecule has 0 aliphatic rings. The highest BCUT2D eigenvalue weighted by Crippen LogP contribution is 2.15.